The van der Waals surface area contributed by atoms with Gasteiger partial charge in [0.05, 0.1) is 6.42 Å². The minimum absolute atomic E-state index is 0. The molecular weight excluding hydrogens is 253 g/mol. The van der Waals surface area contributed by atoms with E-state index >= 15 is 0 Å². The zero-order valence-corrected chi connectivity index (χ0v) is 10.3. The van der Waals surface area contributed by atoms with E-state index in [1.54, 1.807) is 24.3 Å². The second-order valence-corrected chi connectivity index (χ2v) is 3.17. The van der Waals surface area contributed by atoms with Gasteiger partial charge in [-0.1, -0.05) is 30.3 Å². The zero-order valence-electron chi connectivity index (χ0n) is 10.3. The summed E-state index contributed by atoms with van der Waals surface area (Å²) in [6.07, 6.45) is -0.446. The van der Waals surface area contributed by atoms with Gasteiger partial charge in [-0.2, -0.15) is 0 Å². The average molecular weight is 268 g/mol. The number of hydrogen-bond donors (Lipinski definition) is 1. The van der Waals surface area contributed by atoms with Crippen LogP contribution in [0.25, 0.3) is 0 Å². The van der Waals surface area contributed by atoms with Crippen LogP contribution in [-0.2, 0) is 14.2 Å². The normalized spacial score (nSPS) is 9.63. The van der Waals surface area contributed by atoms with Crippen LogP contribution in [0.1, 0.15) is 6.42 Å². The predicted octanol–water partition coefficient (Wildman–Crippen LogP) is -1.63. The van der Waals surface area contributed by atoms with Gasteiger partial charge in [0.1, 0.15) is 5.71 Å². The highest BCUT2D eigenvalue weighted by Gasteiger charge is 2.16. The molecule has 0 aliphatic heterocycles. The molecule has 0 bridgehead atoms. The van der Waals surface area contributed by atoms with Crippen LogP contribution >= 0.6 is 0 Å². The standard InChI is InChI=1S/C11H11BNO4.2H2O/c1-13-9(7-10(14)15)11(16)17-12-8-5-3-2-4-6-8;;/h2-6H,7H2,1H3,(H,14,15);2*1H2. The second-order valence-electron chi connectivity index (χ2n) is 3.17. The minimum atomic E-state index is -1.12. The first-order valence-corrected chi connectivity index (χ1v) is 4.90. The number of rotatable bonds is 5. The maximum absolute atomic E-state index is 11.4. The molecule has 5 N–H and O–H groups in total. The summed E-state index contributed by atoms with van der Waals surface area (Å²) >= 11 is 0. The van der Waals surface area contributed by atoms with E-state index in [4.69, 9.17) is 9.76 Å². The first-order valence-electron chi connectivity index (χ1n) is 4.90. The van der Waals surface area contributed by atoms with Gasteiger partial charge in [-0.15, -0.1) is 0 Å². The van der Waals surface area contributed by atoms with Crippen LogP contribution in [0.3, 0.4) is 0 Å². The Morgan fingerprint density at radius 3 is 2.32 bits per heavy atom. The zero-order chi connectivity index (χ0) is 12.7. The topological polar surface area (TPSA) is 139 Å². The fraction of sp³-hybridized carbons (Fsp3) is 0.182. The van der Waals surface area contributed by atoms with Crippen molar-refractivity contribution in [1.29, 1.82) is 0 Å². The van der Waals surface area contributed by atoms with E-state index in [-0.39, 0.29) is 16.7 Å². The smallest absolute Gasteiger partial charge is 0.413 e. The summed E-state index contributed by atoms with van der Waals surface area (Å²) in [5.74, 6) is -1.87. The van der Waals surface area contributed by atoms with Gasteiger partial charge in [0, 0.05) is 7.05 Å². The fourth-order valence-corrected chi connectivity index (χ4v) is 1.11. The van der Waals surface area contributed by atoms with E-state index in [1.807, 2.05) is 6.07 Å². The highest BCUT2D eigenvalue weighted by Crippen LogP contribution is 1.91. The van der Waals surface area contributed by atoms with Crippen molar-refractivity contribution in [3.05, 3.63) is 30.3 Å². The van der Waals surface area contributed by atoms with Crippen LogP contribution in [0.5, 0.6) is 0 Å². The summed E-state index contributed by atoms with van der Waals surface area (Å²) in [6.45, 7) is 0. The number of carbonyl (C=O) groups excluding carboxylic acids is 1. The number of carbonyl (C=O) groups is 2. The molecule has 0 aliphatic carbocycles. The number of benzene rings is 1. The summed E-state index contributed by atoms with van der Waals surface area (Å²) in [4.78, 5) is 25.5. The summed E-state index contributed by atoms with van der Waals surface area (Å²) in [7, 11) is 2.61. The third-order valence-corrected chi connectivity index (χ3v) is 1.93. The number of aliphatic carboxylic acids is 1. The summed E-state index contributed by atoms with van der Waals surface area (Å²) in [5.41, 5.74) is 0.594. The molecule has 0 aromatic heterocycles. The lowest BCUT2D eigenvalue weighted by Gasteiger charge is -2.04. The van der Waals surface area contributed by atoms with Gasteiger partial charge in [0.25, 0.3) is 0 Å². The van der Waals surface area contributed by atoms with Crippen molar-refractivity contribution >= 4 is 30.6 Å². The van der Waals surface area contributed by atoms with Crippen LogP contribution in [-0.4, -0.2) is 48.2 Å². The monoisotopic (exact) mass is 268 g/mol. The largest absolute Gasteiger partial charge is 0.529 e. The first kappa shape index (κ1) is 19.2. The summed E-state index contributed by atoms with van der Waals surface area (Å²) < 4.78 is 4.82. The molecule has 0 aliphatic rings. The third kappa shape index (κ3) is 6.97. The molecular formula is C11H15BNO6. The van der Waals surface area contributed by atoms with Crippen molar-refractivity contribution in [2.45, 2.75) is 6.42 Å². The number of hydrogen-bond acceptors (Lipinski definition) is 4. The molecule has 7 nitrogen and oxygen atoms in total. The average Bonchev–Trinajstić information content (AvgIpc) is 2.34. The Morgan fingerprint density at radius 1 is 1.26 bits per heavy atom. The molecule has 1 aromatic rings. The Labute approximate surface area is 110 Å². The number of aliphatic imine (C=N–C) groups is 1. The molecule has 0 saturated heterocycles. The molecule has 1 rings (SSSR count). The number of carboxylic acid groups (broad SMARTS) is 1. The van der Waals surface area contributed by atoms with Crippen molar-refractivity contribution < 1.29 is 30.3 Å². The number of nitrogens with zero attached hydrogens (tertiary/aromatic N) is 1. The molecule has 0 heterocycles. The highest BCUT2D eigenvalue weighted by molar-refractivity contribution is 6.53. The summed E-state index contributed by atoms with van der Waals surface area (Å²) in [5, 5.41) is 8.55. The quantitative estimate of drug-likeness (QED) is 0.505. The maximum Gasteiger partial charge on any atom is 0.413 e. The van der Waals surface area contributed by atoms with E-state index in [0.717, 1.165) is 0 Å². The lowest BCUT2D eigenvalue weighted by molar-refractivity contribution is -0.136. The van der Waals surface area contributed by atoms with Crippen molar-refractivity contribution in [3.8, 4) is 0 Å². The van der Waals surface area contributed by atoms with Gasteiger partial charge in [0.15, 0.2) is 0 Å². The van der Waals surface area contributed by atoms with Crippen molar-refractivity contribution in [3.63, 3.8) is 0 Å². The Morgan fingerprint density at radius 2 is 1.84 bits per heavy atom. The van der Waals surface area contributed by atoms with Gasteiger partial charge in [-0.05, 0) is 5.46 Å². The minimum Gasteiger partial charge on any atom is -0.529 e. The Bertz CT molecular complexity index is 434. The van der Waals surface area contributed by atoms with Crippen LogP contribution in [0.15, 0.2) is 35.3 Å². The van der Waals surface area contributed by atoms with Gasteiger partial charge >= 0.3 is 19.4 Å². The molecule has 0 fully saturated rings. The molecule has 0 amide bonds. The molecule has 0 spiro atoms. The molecule has 1 radical (unpaired) electrons. The molecule has 0 unspecified atom stereocenters. The lowest BCUT2D eigenvalue weighted by Crippen LogP contribution is -2.27. The lowest BCUT2D eigenvalue weighted by atomic mass is 9.88. The van der Waals surface area contributed by atoms with E-state index in [9.17, 15) is 9.59 Å². The van der Waals surface area contributed by atoms with Crippen LogP contribution in [0.2, 0.25) is 0 Å². The van der Waals surface area contributed by atoms with Crippen molar-refractivity contribution in [2.24, 2.45) is 4.99 Å². The van der Waals surface area contributed by atoms with Gasteiger partial charge in [0.2, 0.25) is 0 Å². The Kier molecular flexibility index (Phi) is 9.89. The van der Waals surface area contributed by atoms with Crippen LogP contribution in [0, 0.1) is 0 Å². The molecule has 0 saturated carbocycles. The molecule has 19 heavy (non-hydrogen) atoms. The van der Waals surface area contributed by atoms with Crippen LogP contribution < -0.4 is 5.46 Å². The summed E-state index contributed by atoms with van der Waals surface area (Å²) in [6, 6.07) is 8.94. The van der Waals surface area contributed by atoms with Crippen molar-refractivity contribution in [1.82, 2.24) is 0 Å². The van der Waals surface area contributed by atoms with Crippen LogP contribution in [0.4, 0.5) is 0 Å². The Hall–Kier alpha value is -2.19. The molecule has 0 atom stereocenters. The fourth-order valence-electron chi connectivity index (χ4n) is 1.11. The molecule has 8 heteroatoms. The highest BCUT2D eigenvalue weighted by atomic mass is 16.5. The van der Waals surface area contributed by atoms with E-state index < -0.39 is 18.4 Å². The van der Waals surface area contributed by atoms with E-state index in [1.165, 1.54) is 14.5 Å². The number of carboxylic acids is 1. The van der Waals surface area contributed by atoms with Crippen molar-refractivity contribution in [2.75, 3.05) is 7.05 Å². The maximum atomic E-state index is 11.4. The first-order chi connectivity index (χ1) is 8.13. The Balaban J connectivity index is 0. The molecule has 103 valence electrons. The van der Waals surface area contributed by atoms with Gasteiger partial charge in [-0.25, -0.2) is 4.79 Å². The van der Waals surface area contributed by atoms with E-state index in [2.05, 4.69) is 4.99 Å². The predicted molar refractivity (Wildman–Crippen MR) is 70.8 cm³/mol. The molecule has 1 aromatic carbocycles. The van der Waals surface area contributed by atoms with Gasteiger partial charge < -0.3 is 20.7 Å². The van der Waals surface area contributed by atoms with E-state index in [0.29, 0.717) is 5.46 Å². The van der Waals surface area contributed by atoms with Gasteiger partial charge in [-0.3, -0.25) is 9.79 Å². The second kappa shape index (κ2) is 9.81. The SMILES string of the molecule is CN=C(CC(=O)O)C(=O)O[B]c1ccccc1.O.O. The third-order valence-electron chi connectivity index (χ3n) is 1.93.